The van der Waals surface area contributed by atoms with Crippen LogP contribution in [-0.2, 0) is 0 Å². The molecule has 6 nitrogen and oxygen atoms in total. The third-order valence-corrected chi connectivity index (χ3v) is 4.11. The lowest BCUT2D eigenvalue weighted by atomic mass is 10.1. The van der Waals surface area contributed by atoms with E-state index in [1.54, 1.807) is 0 Å². The van der Waals surface area contributed by atoms with Crippen molar-refractivity contribution in [1.29, 1.82) is 0 Å². The van der Waals surface area contributed by atoms with Crippen LogP contribution in [0.2, 0.25) is 0 Å². The number of benzene rings is 2. The number of hydrogen-bond donors (Lipinski definition) is 2. The van der Waals surface area contributed by atoms with Gasteiger partial charge in [0.25, 0.3) is 17.7 Å². The van der Waals surface area contributed by atoms with E-state index in [4.69, 9.17) is 4.52 Å². The van der Waals surface area contributed by atoms with Crippen LogP contribution >= 0.6 is 0 Å². The summed E-state index contributed by atoms with van der Waals surface area (Å²) in [6.45, 7) is 1.96. The number of nitrogens with zero attached hydrogens (tertiary/aromatic N) is 2. The Balaban J connectivity index is 1.54. The predicted molar refractivity (Wildman–Crippen MR) is 94.7 cm³/mol. The van der Waals surface area contributed by atoms with Crippen LogP contribution in [0.15, 0.2) is 53.1 Å². The molecule has 1 heterocycles. The average molecular weight is 334 g/mol. The Kier molecular flexibility index (Phi) is 3.93. The third kappa shape index (κ3) is 3.52. The van der Waals surface area contributed by atoms with Crippen LogP contribution in [0.1, 0.15) is 28.8 Å². The van der Waals surface area contributed by atoms with E-state index >= 15 is 0 Å². The van der Waals surface area contributed by atoms with E-state index in [9.17, 15) is 4.79 Å². The van der Waals surface area contributed by atoms with Gasteiger partial charge in [0.2, 0.25) is 0 Å². The van der Waals surface area contributed by atoms with E-state index in [0.29, 0.717) is 23.4 Å². The number of amides is 1. The molecule has 0 unspecified atom stereocenters. The summed E-state index contributed by atoms with van der Waals surface area (Å²) in [7, 11) is 0. The summed E-state index contributed by atoms with van der Waals surface area (Å²) in [5.74, 6) is 0.758. The minimum absolute atomic E-state index is 0.0522. The number of anilines is 2. The van der Waals surface area contributed by atoms with Crippen LogP contribution < -0.4 is 10.6 Å². The van der Waals surface area contributed by atoms with Crippen LogP contribution in [0.4, 0.5) is 11.6 Å². The molecule has 0 atom stereocenters. The minimum atomic E-state index is -0.0522. The predicted octanol–water partition coefficient (Wildman–Crippen LogP) is 3.68. The average Bonchev–Trinajstić information content (AvgIpc) is 3.32. The molecule has 4 rings (SSSR count). The molecule has 0 bridgehead atoms. The Bertz CT molecular complexity index is 901. The molecule has 1 fully saturated rings. The fourth-order valence-electron chi connectivity index (χ4n) is 2.49. The van der Waals surface area contributed by atoms with Crippen LogP contribution in [0, 0.1) is 6.92 Å². The van der Waals surface area contributed by atoms with Gasteiger partial charge in [-0.15, -0.1) is 0 Å². The van der Waals surface area contributed by atoms with Crippen LogP contribution in [0.25, 0.3) is 11.5 Å². The molecule has 6 heteroatoms. The summed E-state index contributed by atoms with van der Waals surface area (Å²) in [5.41, 5.74) is 3.25. The number of carbonyl (C=O) groups is 1. The lowest BCUT2D eigenvalue weighted by Gasteiger charge is -2.09. The highest BCUT2D eigenvalue weighted by Crippen LogP contribution is 2.24. The summed E-state index contributed by atoms with van der Waals surface area (Å²) < 4.78 is 5.30. The first-order valence-electron chi connectivity index (χ1n) is 8.27. The molecule has 0 aliphatic heterocycles. The summed E-state index contributed by atoms with van der Waals surface area (Å²) in [6, 6.07) is 15.4. The van der Waals surface area contributed by atoms with Crippen molar-refractivity contribution in [2.45, 2.75) is 25.8 Å². The summed E-state index contributed by atoms with van der Waals surface area (Å²) in [5, 5.41) is 10.1. The molecule has 1 aliphatic rings. The molecule has 0 saturated heterocycles. The van der Waals surface area contributed by atoms with Crippen molar-refractivity contribution in [1.82, 2.24) is 15.5 Å². The maximum atomic E-state index is 12.2. The number of rotatable bonds is 5. The van der Waals surface area contributed by atoms with Crippen molar-refractivity contribution in [3.05, 3.63) is 59.7 Å². The van der Waals surface area contributed by atoms with E-state index < -0.39 is 0 Å². The highest BCUT2D eigenvalue weighted by atomic mass is 16.5. The first kappa shape index (κ1) is 15.4. The number of aryl methyl sites for hydroxylation is 1. The summed E-state index contributed by atoms with van der Waals surface area (Å²) in [4.78, 5) is 16.6. The molecule has 1 amide bonds. The van der Waals surface area contributed by atoms with Crippen molar-refractivity contribution in [2.75, 3.05) is 5.32 Å². The lowest BCUT2D eigenvalue weighted by molar-refractivity contribution is 0.0951. The SMILES string of the molecule is Cc1ccc(C(=O)NC2CC2)cc1Nc1noc(-c2ccccc2)n1. The van der Waals surface area contributed by atoms with Gasteiger partial charge in [0.15, 0.2) is 0 Å². The monoisotopic (exact) mass is 334 g/mol. The zero-order valence-corrected chi connectivity index (χ0v) is 13.8. The molecule has 2 aromatic carbocycles. The van der Waals surface area contributed by atoms with E-state index in [1.807, 2.05) is 55.5 Å². The van der Waals surface area contributed by atoms with E-state index in [1.165, 1.54) is 0 Å². The van der Waals surface area contributed by atoms with Crippen molar-refractivity contribution < 1.29 is 9.32 Å². The maximum absolute atomic E-state index is 12.2. The van der Waals surface area contributed by atoms with E-state index in [0.717, 1.165) is 29.7 Å². The van der Waals surface area contributed by atoms with Gasteiger partial charge in [0, 0.05) is 22.9 Å². The molecular weight excluding hydrogens is 316 g/mol. The Morgan fingerprint density at radius 2 is 1.96 bits per heavy atom. The first-order valence-corrected chi connectivity index (χ1v) is 8.27. The molecule has 2 N–H and O–H groups in total. The zero-order chi connectivity index (χ0) is 17.2. The quantitative estimate of drug-likeness (QED) is 0.744. The minimum Gasteiger partial charge on any atom is -0.349 e. The van der Waals surface area contributed by atoms with Crippen molar-refractivity contribution in [2.24, 2.45) is 0 Å². The Morgan fingerprint density at radius 1 is 1.16 bits per heavy atom. The zero-order valence-electron chi connectivity index (χ0n) is 13.8. The van der Waals surface area contributed by atoms with Crippen LogP contribution in [0.5, 0.6) is 0 Å². The molecule has 0 radical (unpaired) electrons. The molecular formula is C19H18N4O2. The van der Waals surface area contributed by atoms with E-state index in [-0.39, 0.29) is 5.91 Å². The van der Waals surface area contributed by atoms with E-state index in [2.05, 4.69) is 20.8 Å². The maximum Gasteiger partial charge on any atom is 0.268 e. The number of carbonyl (C=O) groups excluding carboxylic acids is 1. The largest absolute Gasteiger partial charge is 0.349 e. The highest BCUT2D eigenvalue weighted by molar-refractivity contribution is 5.95. The summed E-state index contributed by atoms with van der Waals surface area (Å²) in [6.07, 6.45) is 2.13. The molecule has 25 heavy (non-hydrogen) atoms. The molecule has 3 aromatic rings. The molecule has 1 saturated carbocycles. The van der Waals surface area contributed by atoms with Gasteiger partial charge >= 0.3 is 0 Å². The van der Waals surface area contributed by atoms with Gasteiger partial charge in [-0.3, -0.25) is 4.79 Å². The normalized spacial score (nSPS) is 13.5. The summed E-state index contributed by atoms with van der Waals surface area (Å²) >= 11 is 0. The second-order valence-corrected chi connectivity index (χ2v) is 6.19. The Hall–Kier alpha value is -3.15. The van der Waals surface area contributed by atoms with Gasteiger partial charge in [-0.2, -0.15) is 4.98 Å². The van der Waals surface area contributed by atoms with Crippen LogP contribution in [-0.4, -0.2) is 22.1 Å². The molecule has 1 aromatic heterocycles. The standard InChI is InChI=1S/C19H18N4O2/c1-12-7-8-14(17(24)20-15-9-10-15)11-16(12)21-19-22-18(25-23-19)13-5-3-2-4-6-13/h2-8,11,15H,9-10H2,1H3,(H,20,24)(H,21,23). The number of aromatic nitrogens is 2. The molecule has 0 spiro atoms. The van der Waals surface area contributed by atoms with Crippen molar-refractivity contribution in [3.8, 4) is 11.5 Å². The van der Waals surface area contributed by atoms with Gasteiger partial charge in [-0.05, 0) is 54.8 Å². The van der Waals surface area contributed by atoms with Gasteiger partial charge in [0.1, 0.15) is 0 Å². The second-order valence-electron chi connectivity index (χ2n) is 6.19. The fraction of sp³-hybridized carbons (Fsp3) is 0.211. The van der Waals surface area contributed by atoms with Crippen molar-refractivity contribution in [3.63, 3.8) is 0 Å². The third-order valence-electron chi connectivity index (χ3n) is 4.11. The topological polar surface area (TPSA) is 80.0 Å². The molecule has 126 valence electrons. The Labute approximate surface area is 145 Å². The number of hydrogen-bond acceptors (Lipinski definition) is 5. The fourth-order valence-corrected chi connectivity index (χ4v) is 2.49. The van der Waals surface area contributed by atoms with Gasteiger partial charge < -0.3 is 15.2 Å². The molecule has 1 aliphatic carbocycles. The van der Waals surface area contributed by atoms with Crippen LogP contribution in [0.3, 0.4) is 0 Å². The van der Waals surface area contributed by atoms with Gasteiger partial charge in [0.05, 0.1) is 0 Å². The number of nitrogens with one attached hydrogen (secondary N) is 2. The lowest BCUT2D eigenvalue weighted by Crippen LogP contribution is -2.25. The smallest absolute Gasteiger partial charge is 0.268 e. The Morgan fingerprint density at radius 3 is 2.72 bits per heavy atom. The first-order chi connectivity index (χ1) is 12.2. The second kappa shape index (κ2) is 6.39. The highest BCUT2D eigenvalue weighted by Gasteiger charge is 2.24. The van der Waals surface area contributed by atoms with Gasteiger partial charge in [-0.25, -0.2) is 0 Å². The van der Waals surface area contributed by atoms with Crippen molar-refractivity contribution >= 4 is 17.5 Å². The van der Waals surface area contributed by atoms with Gasteiger partial charge in [-0.1, -0.05) is 24.3 Å².